The van der Waals surface area contributed by atoms with E-state index >= 15 is 0 Å². The minimum atomic E-state index is -0.430. The lowest BCUT2D eigenvalue weighted by Crippen LogP contribution is -2.12. The number of rotatable bonds is 2. The maximum Gasteiger partial charge on any atom is 0.259 e. The van der Waals surface area contributed by atoms with Gasteiger partial charge in [0, 0.05) is 20.0 Å². The molecule has 4 N–H and O–H groups in total. The predicted octanol–water partition coefficient (Wildman–Crippen LogP) is 3.48. The van der Waals surface area contributed by atoms with Crippen LogP contribution in [-0.2, 0) is 0 Å². The van der Waals surface area contributed by atoms with Gasteiger partial charge in [-0.05, 0) is 59.0 Å². The minimum Gasteiger partial charge on any atom is -0.507 e. The number of hydrogen-bond acceptors (Lipinski definition) is 3. The lowest BCUT2D eigenvalue weighted by molar-refractivity contribution is 0.102. The second-order valence-electron chi connectivity index (χ2n) is 3.85. The molecular formula is C13H10ClIN2O2. The summed E-state index contributed by atoms with van der Waals surface area (Å²) in [5.74, 6) is -0.549. The first-order valence-electron chi connectivity index (χ1n) is 5.32. The first-order valence-corrected chi connectivity index (χ1v) is 6.78. The molecule has 0 spiro atoms. The number of phenols is 1. The van der Waals surface area contributed by atoms with E-state index in [1.807, 2.05) is 0 Å². The maximum absolute atomic E-state index is 12.0. The number of carbonyl (C=O) groups is 1. The van der Waals surface area contributed by atoms with E-state index in [0.717, 1.165) is 3.57 Å². The van der Waals surface area contributed by atoms with Crippen LogP contribution in [0.25, 0.3) is 0 Å². The number of nitrogen functional groups attached to an aromatic ring is 1. The smallest absolute Gasteiger partial charge is 0.259 e. The Morgan fingerprint density at radius 3 is 2.68 bits per heavy atom. The highest BCUT2D eigenvalue weighted by molar-refractivity contribution is 14.1. The highest BCUT2D eigenvalue weighted by Gasteiger charge is 2.12. The van der Waals surface area contributed by atoms with Crippen LogP contribution in [0, 0.1) is 3.57 Å². The number of hydrogen-bond donors (Lipinski definition) is 3. The van der Waals surface area contributed by atoms with Crippen LogP contribution in [-0.4, -0.2) is 11.0 Å². The molecule has 0 aliphatic heterocycles. The molecule has 0 bridgehead atoms. The van der Waals surface area contributed by atoms with Crippen LogP contribution >= 0.6 is 34.2 Å². The van der Waals surface area contributed by atoms with Crippen molar-refractivity contribution in [3.05, 3.63) is 50.6 Å². The van der Waals surface area contributed by atoms with E-state index in [1.54, 1.807) is 18.2 Å². The van der Waals surface area contributed by atoms with Crippen LogP contribution in [0.1, 0.15) is 10.4 Å². The molecule has 2 aromatic rings. The van der Waals surface area contributed by atoms with Gasteiger partial charge in [0.1, 0.15) is 5.75 Å². The summed E-state index contributed by atoms with van der Waals surface area (Å²) in [5, 5.41) is 12.7. The zero-order valence-electron chi connectivity index (χ0n) is 9.65. The number of phenolic OH excluding ortho intramolecular Hbond substituents is 1. The van der Waals surface area contributed by atoms with E-state index in [-0.39, 0.29) is 11.3 Å². The Balaban J connectivity index is 2.25. The first kappa shape index (κ1) is 14.0. The lowest BCUT2D eigenvalue weighted by atomic mass is 10.2. The molecule has 0 fully saturated rings. The fourth-order valence-electron chi connectivity index (χ4n) is 1.49. The molecule has 0 heterocycles. The molecule has 6 heteroatoms. The highest BCUT2D eigenvalue weighted by atomic mass is 127. The van der Waals surface area contributed by atoms with Gasteiger partial charge in [-0.3, -0.25) is 4.79 Å². The maximum atomic E-state index is 12.0. The van der Waals surface area contributed by atoms with Crippen molar-refractivity contribution in [2.75, 3.05) is 11.1 Å². The van der Waals surface area contributed by atoms with Gasteiger partial charge in [0.05, 0.1) is 5.56 Å². The van der Waals surface area contributed by atoms with Crippen LogP contribution in [0.4, 0.5) is 11.4 Å². The number of amides is 1. The normalized spacial score (nSPS) is 10.2. The van der Waals surface area contributed by atoms with Crippen LogP contribution in [0.5, 0.6) is 5.75 Å². The van der Waals surface area contributed by atoms with Crippen LogP contribution in [0.15, 0.2) is 36.4 Å². The number of anilines is 2. The highest BCUT2D eigenvalue weighted by Crippen LogP contribution is 2.24. The molecule has 0 unspecified atom stereocenters. The topological polar surface area (TPSA) is 75.3 Å². The lowest BCUT2D eigenvalue weighted by Gasteiger charge is -2.08. The molecule has 0 atom stereocenters. The molecule has 19 heavy (non-hydrogen) atoms. The molecular weight excluding hydrogens is 379 g/mol. The van der Waals surface area contributed by atoms with Gasteiger partial charge in [-0.1, -0.05) is 11.6 Å². The summed E-state index contributed by atoms with van der Waals surface area (Å²) in [5.41, 5.74) is 7.06. The van der Waals surface area contributed by atoms with E-state index in [9.17, 15) is 9.90 Å². The molecule has 1 amide bonds. The summed E-state index contributed by atoms with van der Waals surface area (Å²) in [7, 11) is 0. The number of aromatic hydroxyl groups is 1. The van der Waals surface area contributed by atoms with Crippen LogP contribution < -0.4 is 11.1 Å². The van der Waals surface area contributed by atoms with E-state index in [1.165, 1.54) is 18.2 Å². The third kappa shape index (κ3) is 3.30. The standard InChI is InChI=1S/C13H10ClIN2O2/c14-7-1-4-12(18)9(5-7)13(19)17-8-2-3-11(16)10(15)6-8/h1-6,18H,16H2,(H,17,19). The molecule has 4 nitrogen and oxygen atoms in total. The molecule has 0 aliphatic carbocycles. The van der Waals surface area contributed by atoms with Gasteiger partial charge >= 0.3 is 0 Å². The van der Waals surface area contributed by atoms with Crippen molar-refractivity contribution in [3.63, 3.8) is 0 Å². The minimum absolute atomic E-state index is 0.118. The quantitative estimate of drug-likeness (QED) is 0.544. The third-order valence-corrected chi connectivity index (χ3v) is 3.63. The fraction of sp³-hybridized carbons (Fsp3) is 0. The van der Waals surface area contributed by atoms with Gasteiger partial charge in [-0.25, -0.2) is 0 Å². The number of carbonyl (C=O) groups excluding carboxylic acids is 1. The number of nitrogens with one attached hydrogen (secondary N) is 1. The van der Waals surface area contributed by atoms with Gasteiger partial charge < -0.3 is 16.2 Å². The molecule has 0 radical (unpaired) electrons. The van der Waals surface area contributed by atoms with Crippen molar-refractivity contribution < 1.29 is 9.90 Å². The summed E-state index contributed by atoms with van der Waals surface area (Å²) in [6.07, 6.45) is 0. The van der Waals surface area contributed by atoms with E-state index in [0.29, 0.717) is 16.4 Å². The summed E-state index contributed by atoms with van der Waals surface area (Å²) in [6, 6.07) is 9.44. The van der Waals surface area contributed by atoms with Crippen molar-refractivity contribution >= 4 is 51.5 Å². The number of nitrogens with two attached hydrogens (primary N) is 1. The van der Waals surface area contributed by atoms with Crippen molar-refractivity contribution in [1.82, 2.24) is 0 Å². The van der Waals surface area contributed by atoms with Crippen molar-refractivity contribution in [2.45, 2.75) is 0 Å². The second kappa shape index (κ2) is 5.66. The van der Waals surface area contributed by atoms with Gasteiger partial charge in [0.15, 0.2) is 0 Å². The average molecular weight is 389 g/mol. The molecule has 0 saturated carbocycles. The monoisotopic (exact) mass is 388 g/mol. The number of benzene rings is 2. The van der Waals surface area contributed by atoms with E-state index in [2.05, 4.69) is 27.9 Å². The fourth-order valence-corrected chi connectivity index (χ4v) is 2.18. The zero-order chi connectivity index (χ0) is 14.0. The first-order chi connectivity index (χ1) is 8.97. The Kier molecular flexibility index (Phi) is 4.16. The van der Waals surface area contributed by atoms with Gasteiger partial charge in [-0.15, -0.1) is 0 Å². The number of halogens is 2. The van der Waals surface area contributed by atoms with E-state index < -0.39 is 5.91 Å². The summed E-state index contributed by atoms with van der Waals surface area (Å²) in [4.78, 5) is 12.0. The van der Waals surface area contributed by atoms with Gasteiger partial charge in [-0.2, -0.15) is 0 Å². The molecule has 0 aromatic heterocycles. The predicted molar refractivity (Wildman–Crippen MR) is 84.6 cm³/mol. The third-order valence-electron chi connectivity index (χ3n) is 2.46. The van der Waals surface area contributed by atoms with Crippen molar-refractivity contribution in [3.8, 4) is 5.75 Å². The van der Waals surface area contributed by atoms with Crippen molar-refractivity contribution in [2.24, 2.45) is 0 Å². The molecule has 2 rings (SSSR count). The largest absolute Gasteiger partial charge is 0.507 e. The zero-order valence-corrected chi connectivity index (χ0v) is 12.6. The Morgan fingerprint density at radius 2 is 2.00 bits per heavy atom. The summed E-state index contributed by atoms with van der Waals surface area (Å²) < 4.78 is 0.839. The molecule has 98 valence electrons. The van der Waals surface area contributed by atoms with E-state index in [4.69, 9.17) is 17.3 Å². The summed E-state index contributed by atoms with van der Waals surface area (Å²) >= 11 is 7.88. The van der Waals surface area contributed by atoms with Crippen LogP contribution in [0.2, 0.25) is 5.02 Å². The summed E-state index contributed by atoms with van der Waals surface area (Å²) in [6.45, 7) is 0. The second-order valence-corrected chi connectivity index (χ2v) is 5.45. The van der Waals surface area contributed by atoms with Crippen LogP contribution in [0.3, 0.4) is 0 Å². The van der Waals surface area contributed by atoms with Crippen molar-refractivity contribution in [1.29, 1.82) is 0 Å². The Labute approximate surface area is 128 Å². The van der Waals surface area contributed by atoms with Gasteiger partial charge in [0.25, 0.3) is 5.91 Å². The molecule has 0 aliphatic rings. The molecule has 2 aromatic carbocycles. The SMILES string of the molecule is Nc1ccc(NC(=O)c2cc(Cl)ccc2O)cc1I. The Bertz CT molecular complexity index is 647. The molecule has 0 saturated heterocycles. The average Bonchev–Trinajstić information content (AvgIpc) is 2.36. The Morgan fingerprint density at radius 1 is 1.26 bits per heavy atom. The van der Waals surface area contributed by atoms with Gasteiger partial charge in [0.2, 0.25) is 0 Å². The Hall–Kier alpha value is -1.47.